The summed E-state index contributed by atoms with van der Waals surface area (Å²) < 4.78 is 41.8. The molecular formula is C3H5F2O3P. The average molecular weight is 158 g/mol. The van der Waals surface area contributed by atoms with Crippen molar-refractivity contribution in [2.45, 2.75) is 6.17 Å². The van der Waals surface area contributed by atoms with Crippen LogP contribution in [0.3, 0.4) is 0 Å². The molecule has 1 aliphatic heterocycles. The standard InChI is InChI=1S/C3H5F2O3P/c4-3-1-7-9(5,6)8-2-3/h3H,1-2H2. The van der Waals surface area contributed by atoms with E-state index in [4.69, 9.17) is 0 Å². The van der Waals surface area contributed by atoms with E-state index >= 15 is 0 Å². The zero-order valence-corrected chi connectivity index (χ0v) is 5.31. The number of alkyl halides is 1. The Morgan fingerprint density at radius 2 is 1.89 bits per heavy atom. The van der Waals surface area contributed by atoms with Crippen molar-refractivity contribution in [2.24, 2.45) is 0 Å². The minimum absolute atomic E-state index is 0.478. The molecule has 0 aromatic heterocycles. The molecule has 9 heavy (non-hydrogen) atoms. The van der Waals surface area contributed by atoms with Crippen molar-refractivity contribution in [1.29, 1.82) is 0 Å². The molecule has 0 saturated carbocycles. The Labute approximate surface area is 50.6 Å². The highest BCUT2D eigenvalue weighted by Gasteiger charge is 2.32. The lowest BCUT2D eigenvalue weighted by Gasteiger charge is -2.17. The first-order valence-corrected chi connectivity index (χ1v) is 3.76. The van der Waals surface area contributed by atoms with Gasteiger partial charge >= 0.3 is 7.91 Å². The first kappa shape index (κ1) is 7.12. The van der Waals surface area contributed by atoms with E-state index in [1.807, 2.05) is 0 Å². The van der Waals surface area contributed by atoms with E-state index in [2.05, 4.69) is 9.05 Å². The lowest BCUT2D eigenvalue weighted by Crippen LogP contribution is -2.20. The molecule has 1 rings (SSSR count). The van der Waals surface area contributed by atoms with Gasteiger partial charge in [0, 0.05) is 0 Å². The van der Waals surface area contributed by atoms with E-state index in [-0.39, 0.29) is 0 Å². The predicted octanol–water partition coefficient (Wildman–Crippen LogP) is 1.45. The summed E-state index contributed by atoms with van der Waals surface area (Å²) in [6, 6.07) is 0. The van der Waals surface area contributed by atoms with Gasteiger partial charge in [-0.3, -0.25) is 9.05 Å². The third-order valence-corrected chi connectivity index (χ3v) is 1.73. The van der Waals surface area contributed by atoms with Crippen LogP contribution in [-0.2, 0) is 13.6 Å². The van der Waals surface area contributed by atoms with Crippen LogP contribution in [0.4, 0.5) is 8.59 Å². The maximum absolute atomic E-state index is 12.0. The molecule has 0 spiro atoms. The monoisotopic (exact) mass is 158 g/mol. The van der Waals surface area contributed by atoms with E-state index in [1.165, 1.54) is 0 Å². The minimum atomic E-state index is -4.36. The third-order valence-electron chi connectivity index (χ3n) is 0.819. The maximum atomic E-state index is 12.0. The molecule has 0 aromatic rings. The van der Waals surface area contributed by atoms with Crippen molar-refractivity contribution in [3.63, 3.8) is 0 Å². The van der Waals surface area contributed by atoms with Gasteiger partial charge in [0.1, 0.15) is 6.17 Å². The Bertz CT molecular complexity index is 138. The number of hydrogen-bond donors (Lipinski definition) is 0. The molecular weight excluding hydrogens is 153 g/mol. The molecule has 0 amide bonds. The SMILES string of the molecule is O=P1(F)OCC(F)CO1. The summed E-state index contributed by atoms with van der Waals surface area (Å²) in [4.78, 5) is 0. The highest BCUT2D eigenvalue weighted by atomic mass is 31.2. The van der Waals surface area contributed by atoms with Crippen LogP contribution in [0.15, 0.2) is 0 Å². The minimum Gasteiger partial charge on any atom is -0.280 e. The van der Waals surface area contributed by atoms with Crippen LogP contribution in [-0.4, -0.2) is 19.4 Å². The van der Waals surface area contributed by atoms with E-state index in [1.54, 1.807) is 0 Å². The second kappa shape index (κ2) is 2.33. The molecule has 54 valence electrons. The van der Waals surface area contributed by atoms with E-state index < -0.39 is 27.3 Å². The van der Waals surface area contributed by atoms with Gasteiger partial charge in [-0.15, -0.1) is 4.20 Å². The van der Waals surface area contributed by atoms with E-state index in [9.17, 15) is 13.2 Å². The van der Waals surface area contributed by atoms with Crippen LogP contribution in [0.1, 0.15) is 0 Å². The quantitative estimate of drug-likeness (QED) is 0.500. The molecule has 0 atom stereocenters. The zero-order chi connectivity index (χ0) is 6.91. The molecule has 1 saturated heterocycles. The topological polar surface area (TPSA) is 35.5 Å². The highest BCUT2D eigenvalue weighted by Crippen LogP contribution is 2.52. The van der Waals surface area contributed by atoms with Crippen LogP contribution >= 0.6 is 7.91 Å². The fourth-order valence-electron chi connectivity index (χ4n) is 0.425. The first-order chi connectivity index (χ1) is 4.10. The molecule has 0 aromatic carbocycles. The first-order valence-electron chi connectivity index (χ1n) is 2.33. The normalized spacial score (nSPS) is 44.9. The summed E-state index contributed by atoms with van der Waals surface area (Å²) >= 11 is 0. The van der Waals surface area contributed by atoms with Gasteiger partial charge in [-0.25, -0.2) is 8.96 Å². The van der Waals surface area contributed by atoms with Gasteiger partial charge in [-0.1, -0.05) is 0 Å². The zero-order valence-electron chi connectivity index (χ0n) is 4.42. The van der Waals surface area contributed by atoms with Crippen molar-refractivity contribution in [3.05, 3.63) is 0 Å². The summed E-state index contributed by atoms with van der Waals surface area (Å²) in [7, 11) is -4.36. The number of halogens is 2. The molecule has 0 radical (unpaired) electrons. The molecule has 1 heterocycles. The summed E-state index contributed by atoms with van der Waals surface area (Å²) in [5.41, 5.74) is 0. The second-order valence-electron chi connectivity index (χ2n) is 1.62. The third kappa shape index (κ3) is 2.01. The van der Waals surface area contributed by atoms with Gasteiger partial charge < -0.3 is 0 Å². The van der Waals surface area contributed by atoms with Crippen LogP contribution in [0.2, 0.25) is 0 Å². The van der Waals surface area contributed by atoms with Gasteiger partial charge in [0.2, 0.25) is 0 Å². The summed E-state index contributed by atoms with van der Waals surface area (Å²) in [5.74, 6) is 0. The van der Waals surface area contributed by atoms with Crippen molar-refractivity contribution in [1.82, 2.24) is 0 Å². The van der Waals surface area contributed by atoms with Crippen molar-refractivity contribution >= 4 is 7.91 Å². The molecule has 0 unspecified atom stereocenters. The summed E-state index contributed by atoms with van der Waals surface area (Å²) in [6.45, 7) is -0.957. The molecule has 3 nitrogen and oxygen atoms in total. The fourth-order valence-corrected chi connectivity index (χ4v) is 1.18. The Hall–Kier alpha value is 0.01000. The van der Waals surface area contributed by atoms with Gasteiger partial charge in [0.25, 0.3) is 0 Å². The Morgan fingerprint density at radius 3 is 2.22 bits per heavy atom. The molecule has 0 bridgehead atoms. The summed E-state index contributed by atoms with van der Waals surface area (Å²) in [5, 5.41) is 0. The van der Waals surface area contributed by atoms with Crippen LogP contribution in [0, 0.1) is 0 Å². The second-order valence-corrected chi connectivity index (χ2v) is 3.00. The largest absolute Gasteiger partial charge is 0.513 e. The van der Waals surface area contributed by atoms with Gasteiger partial charge in [-0.2, -0.15) is 0 Å². The Kier molecular flexibility index (Phi) is 1.84. The van der Waals surface area contributed by atoms with E-state index in [0.717, 1.165) is 0 Å². The highest BCUT2D eigenvalue weighted by molar-refractivity contribution is 7.48. The molecule has 6 heteroatoms. The van der Waals surface area contributed by atoms with Gasteiger partial charge in [-0.05, 0) is 0 Å². The van der Waals surface area contributed by atoms with Crippen LogP contribution in [0.5, 0.6) is 0 Å². The fraction of sp³-hybridized carbons (Fsp3) is 1.00. The molecule has 1 fully saturated rings. The van der Waals surface area contributed by atoms with Gasteiger partial charge in [0.15, 0.2) is 0 Å². The van der Waals surface area contributed by atoms with Crippen molar-refractivity contribution < 1.29 is 22.2 Å². The smallest absolute Gasteiger partial charge is 0.280 e. The molecule has 0 aliphatic carbocycles. The van der Waals surface area contributed by atoms with Crippen molar-refractivity contribution in [2.75, 3.05) is 13.2 Å². The maximum Gasteiger partial charge on any atom is 0.513 e. The van der Waals surface area contributed by atoms with Crippen LogP contribution in [0.25, 0.3) is 0 Å². The molecule has 1 aliphatic rings. The van der Waals surface area contributed by atoms with Crippen LogP contribution < -0.4 is 0 Å². The predicted molar refractivity (Wildman–Crippen MR) is 25.5 cm³/mol. The number of rotatable bonds is 0. The lowest BCUT2D eigenvalue weighted by atomic mass is 10.4. The van der Waals surface area contributed by atoms with E-state index in [0.29, 0.717) is 0 Å². The summed E-state index contributed by atoms with van der Waals surface area (Å²) in [6.07, 6.45) is -1.36. The average Bonchev–Trinajstić information content (AvgIpc) is 1.78. The van der Waals surface area contributed by atoms with Gasteiger partial charge in [0.05, 0.1) is 13.2 Å². The Morgan fingerprint density at radius 1 is 1.44 bits per heavy atom. The molecule has 0 N–H and O–H groups in total. The Balaban J connectivity index is 2.44. The lowest BCUT2D eigenvalue weighted by molar-refractivity contribution is 0.0515. The van der Waals surface area contributed by atoms with Crippen molar-refractivity contribution in [3.8, 4) is 0 Å². The number of hydrogen-bond acceptors (Lipinski definition) is 3.